The average molecular weight is 206 g/mol. The maximum atomic E-state index is 2.41. The third-order valence-corrected chi connectivity index (χ3v) is 4.09. The summed E-state index contributed by atoms with van der Waals surface area (Å²) in [5, 5.41) is 2.82. The lowest BCUT2D eigenvalue weighted by molar-refractivity contribution is 0.762. The van der Waals surface area contributed by atoms with Crippen LogP contribution in [0.5, 0.6) is 0 Å². The van der Waals surface area contributed by atoms with Crippen molar-refractivity contribution < 1.29 is 0 Å². The zero-order valence-corrected chi connectivity index (χ0v) is 9.24. The summed E-state index contributed by atoms with van der Waals surface area (Å²) in [5.74, 6) is 0.740. The topological polar surface area (TPSA) is 0 Å². The molecule has 0 aromatic heterocycles. The summed E-state index contributed by atoms with van der Waals surface area (Å²) in [5.41, 5.74) is 4.68. The Labute approximate surface area is 95.3 Å². The molecule has 1 saturated carbocycles. The summed E-state index contributed by atoms with van der Waals surface area (Å²) in [4.78, 5) is 0. The van der Waals surface area contributed by atoms with Gasteiger partial charge in [0.15, 0.2) is 0 Å². The quantitative estimate of drug-likeness (QED) is 0.611. The van der Waals surface area contributed by atoms with Gasteiger partial charge in [0.05, 0.1) is 0 Å². The van der Waals surface area contributed by atoms with Gasteiger partial charge in [0.25, 0.3) is 0 Å². The predicted molar refractivity (Wildman–Crippen MR) is 67.1 cm³/mol. The minimum absolute atomic E-state index is 0.740. The van der Waals surface area contributed by atoms with Crippen LogP contribution in [0.4, 0.5) is 0 Å². The first-order chi connectivity index (χ1) is 7.93. The summed E-state index contributed by atoms with van der Waals surface area (Å²) >= 11 is 0. The summed E-state index contributed by atoms with van der Waals surface area (Å²) in [6, 6.07) is 8.75. The van der Waals surface area contributed by atoms with Gasteiger partial charge in [0.1, 0.15) is 0 Å². The normalized spacial score (nSPS) is 25.2. The van der Waals surface area contributed by atoms with E-state index in [4.69, 9.17) is 0 Å². The van der Waals surface area contributed by atoms with E-state index in [1.54, 1.807) is 5.57 Å². The number of rotatable bonds is 0. The van der Waals surface area contributed by atoms with Crippen LogP contribution < -0.4 is 10.4 Å². The van der Waals surface area contributed by atoms with Crippen molar-refractivity contribution in [1.82, 2.24) is 0 Å². The van der Waals surface area contributed by atoms with Gasteiger partial charge in [-0.15, -0.1) is 0 Å². The molecular weight excluding hydrogens is 192 g/mol. The lowest BCUT2D eigenvalue weighted by Crippen LogP contribution is -2.21. The molecule has 0 heteroatoms. The molecule has 0 radical (unpaired) electrons. The Morgan fingerprint density at radius 1 is 1.06 bits per heavy atom. The highest BCUT2D eigenvalue weighted by Gasteiger charge is 2.26. The fourth-order valence-electron chi connectivity index (χ4n) is 3.32. The van der Waals surface area contributed by atoms with Crippen molar-refractivity contribution >= 4 is 11.6 Å². The Bertz CT molecular complexity index is 641. The van der Waals surface area contributed by atoms with E-state index in [1.807, 2.05) is 0 Å². The Morgan fingerprint density at radius 3 is 3.00 bits per heavy atom. The lowest BCUT2D eigenvalue weighted by Gasteiger charge is -2.16. The van der Waals surface area contributed by atoms with Gasteiger partial charge in [0.2, 0.25) is 0 Å². The van der Waals surface area contributed by atoms with Crippen LogP contribution in [-0.2, 0) is 0 Å². The second-order valence-corrected chi connectivity index (χ2v) is 4.94. The third-order valence-electron chi connectivity index (χ3n) is 4.09. The summed E-state index contributed by atoms with van der Waals surface area (Å²) in [6.45, 7) is 0. The molecule has 1 aromatic rings. The second kappa shape index (κ2) is 2.98. The van der Waals surface area contributed by atoms with Gasteiger partial charge in [-0.1, -0.05) is 42.0 Å². The van der Waals surface area contributed by atoms with E-state index in [9.17, 15) is 0 Å². The fourth-order valence-corrected chi connectivity index (χ4v) is 3.32. The molecule has 16 heavy (non-hydrogen) atoms. The molecule has 1 atom stereocenters. The van der Waals surface area contributed by atoms with E-state index < -0.39 is 0 Å². The number of allylic oxidation sites excluding steroid dienone is 4. The second-order valence-electron chi connectivity index (χ2n) is 4.94. The number of benzene rings is 1. The van der Waals surface area contributed by atoms with Crippen LogP contribution in [0.25, 0.3) is 11.6 Å². The highest BCUT2D eigenvalue weighted by atomic mass is 14.3. The van der Waals surface area contributed by atoms with Crippen LogP contribution in [0.2, 0.25) is 0 Å². The maximum absolute atomic E-state index is 2.41. The van der Waals surface area contributed by atoms with E-state index in [1.165, 1.54) is 40.8 Å². The number of hydrogen-bond donors (Lipinski definition) is 0. The molecule has 0 heterocycles. The molecule has 4 rings (SSSR count). The molecule has 78 valence electrons. The molecular formula is C16H14. The van der Waals surface area contributed by atoms with Crippen molar-refractivity contribution in [2.24, 2.45) is 5.92 Å². The van der Waals surface area contributed by atoms with Gasteiger partial charge in [-0.25, -0.2) is 0 Å². The van der Waals surface area contributed by atoms with Crippen LogP contribution in [0, 0.1) is 5.92 Å². The number of fused-ring (bicyclic) bond motifs is 3. The molecule has 3 aliphatic carbocycles. The van der Waals surface area contributed by atoms with E-state index in [0.29, 0.717) is 0 Å². The zero-order valence-electron chi connectivity index (χ0n) is 9.24. The standard InChI is InChI=1S/C16H14/c1-2-6-14-12(4-1)10-16-13-7-3-5-11(13)8-9-15(14)16/h1-2,4,6,8-11H,3,5,7H2. The van der Waals surface area contributed by atoms with Gasteiger partial charge >= 0.3 is 0 Å². The van der Waals surface area contributed by atoms with Crippen molar-refractivity contribution in [2.45, 2.75) is 19.3 Å². The molecule has 0 N–H and O–H groups in total. The van der Waals surface area contributed by atoms with Gasteiger partial charge in [-0.3, -0.25) is 0 Å². The lowest BCUT2D eigenvalue weighted by atomic mass is 9.88. The van der Waals surface area contributed by atoms with Gasteiger partial charge in [0, 0.05) is 0 Å². The molecule has 1 unspecified atom stereocenters. The maximum Gasteiger partial charge on any atom is -0.00106 e. The Hall–Kier alpha value is -1.56. The van der Waals surface area contributed by atoms with Crippen molar-refractivity contribution in [1.29, 1.82) is 0 Å². The van der Waals surface area contributed by atoms with Crippen LogP contribution in [0.1, 0.15) is 19.3 Å². The van der Waals surface area contributed by atoms with Gasteiger partial charge < -0.3 is 0 Å². The molecule has 0 amide bonds. The first-order valence-corrected chi connectivity index (χ1v) is 6.16. The average Bonchev–Trinajstić information content (AvgIpc) is 2.92. The predicted octanol–water partition coefficient (Wildman–Crippen LogP) is 2.30. The highest BCUT2D eigenvalue weighted by Crippen LogP contribution is 2.41. The summed E-state index contributed by atoms with van der Waals surface area (Å²) in [7, 11) is 0. The highest BCUT2D eigenvalue weighted by molar-refractivity contribution is 5.89. The molecule has 1 fully saturated rings. The minimum atomic E-state index is 0.740. The Morgan fingerprint density at radius 2 is 2.00 bits per heavy atom. The SMILES string of the molecule is C1=CC2CCCC2=C2C=c3ccccc3=C12. The van der Waals surface area contributed by atoms with E-state index in [2.05, 4.69) is 42.5 Å². The molecule has 0 bridgehead atoms. The van der Waals surface area contributed by atoms with Gasteiger partial charge in [-0.05, 0) is 52.8 Å². The zero-order chi connectivity index (χ0) is 10.5. The first kappa shape index (κ1) is 8.58. The van der Waals surface area contributed by atoms with Crippen molar-refractivity contribution in [3.05, 3.63) is 58.0 Å². The molecule has 0 nitrogen and oxygen atoms in total. The first-order valence-electron chi connectivity index (χ1n) is 6.16. The van der Waals surface area contributed by atoms with Crippen molar-refractivity contribution in [3.8, 4) is 0 Å². The largest absolute Gasteiger partial charge is 0.0767 e. The van der Waals surface area contributed by atoms with Crippen molar-refractivity contribution in [2.75, 3.05) is 0 Å². The Balaban J connectivity index is 2.11. The van der Waals surface area contributed by atoms with Crippen LogP contribution in [0.3, 0.4) is 0 Å². The van der Waals surface area contributed by atoms with E-state index in [0.717, 1.165) is 5.92 Å². The smallest absolute Gasteiger partial charge is 0.00106 e. The van der Waals surface area contributed by atoms with Crippen LogP contribution in [-0.4, -0.2) is 0 Å². The molecule has 0 spiro atoms. The van der Waals surface area contributed by atoms with E-state index in [-0.39, 0.29) is 0 Å². The molecule has 0 saturated heterocycles. The summed E-state index contributed by atoms with van der Waals surface area (Å²) in [6.07, 6.45) is 11.2. The molecule has 3 aliphatic rings. The minimum Gasteiger partial charge on any atom is -0.0767 e. The number of hydrogen-bond acceptors (Lipinski definition) is 0. The summed E-state index contributed by atoms with van der Waals surface area (Å²) < 4.78 is 0. The van der Waals surface area contributed by atoms with Gasteiger partial charge in [-0.2, -0.15) is 0 Å². The molecule has 1 aromatic carbocycles. The van der Waals surface area contributed by atoms with Crippen LogP contribution >= 0.6 is 0 Å². The van der Waals surface area contributed by atoms with Crippen LogP contribution in [0.15, 0.2) is 47.6 Å². The monoisotopic (exact) mass is 206 g/mol. The molecule has 0 aliphatic heterocycles. The fraction of sp³-hybridized carbons (Fsp3) is 0.250. The third kappa shape index (κ3) is 0.996. The van der Waals surface area contributed by atoms with E-state index >= 15 is 0 Å². The Kier molecular flexibility index (Phi) is 1.59. The van der Waals surface area contributed by atoms with Crippen molar-refractivity contribution in [3.63, 3.8) is 0 Å².